The van der Waals surface area contributed by atoms with Crippen LogP contribution in [0.5, 0.6) is 0 Å². The van der Waals surface area contributed by atoms with Gasteiger partial charge in [0.05, 0.1) is 12.2 Å². The molecule has 6 heteroatoms. The molecule has 0 aromatic carbocycles. The maximum atomic E-state index is 11.0. The molecule has 0 amide bonds. The lowest BCUT2D eigenvalue weighted by molar-refractivity contribution is -0.137. The highest BCUT2D eigenvalue weighted by Crippen LogP contribution is 2.18. The summed E-state index contributed by atoms with van der Waals surface area (Å²) in [7, 11) is 0. The summed E-state index contributed by atoms with van der Waals surface area (Å²) in [6.45, 7) is 2.04. The zero-order valence-electron chi connectivity index (χ0n) is 8.11. The molecule has 0 saturated heterocycles. The van der Waals surface area contributed by atoms with E-state index < -0.39 is 5.97 Å². The second-order valence-electron chi connectivity index (χ2n) is 2.55. The van der Waals surface area contributed by atoms with Gasteiger partial charge < -0.3 is 10.5 Å². The molecule has 2 N–H and O–H groups in total. The van der Waals surface area contributed by atoms with E-state index in [1.54, 1.807) is 6.92 Å². The van der Waals surface area contributed by atoms with Crippen molar-refractivity contribution in [3.8, 4) is 0 Å². The molecule has 0 saturated carbocycles. The smallest absolute Gasteiger partial charge is 0.330 e. The second kappa shape index (κ2) is 5.31. The van der Waals surface area contributed by atoms with E-state index >= 15 is 0 Å². The minimum absolute atomic E-state index is 0.197. The summed E-state index contributed by atoms with van der Waals surface area (Å²) in [6.07, 6.45) is 3.90. The maximum absolute atomic E-state index is 11.0. The van der Waals surface area contributed by atoms with Crippen LogP contribution in [0.4, 0.5) is 5.82 Å². The van der Waals surface area contributed by atoms with Crippen molar-refractivity contribution in [3.63, 3.8) is 0 Å². The third-order valence-electron chi connectivity index (χ3n) is 1.54. The molecule has 15 heavy (non-hydrogen) atoms. The molecular weight excluding hydrogens is 218 g/mol. The Bertz CT molecular complexity index is 373. The van der Waals surface area contributed by atoms with Gasteiger partial charge in [0.2, 0.25) is 0 Å². The molecule has 1 rings (SSSR count). The van der Waals surface area contributed by atoms with Crippen molar-refractivity contribution in [2.75, 3.05) is 12.3 Å². The number of nitrogens with zero attached hydrogens (tertiary/aromatic N) is 2. The summed E-state index contributed by atoms with van der Waals surface area (Å²) in [5.41, 5.74) is 5.95. The molecule has 1 aromatic rings. The van der Waals surface area contributed by atoms with E-state index in [4.69, 9.17) is 22.1 Å². The van der Waals surface area contributed by atoms with Crippen LogP contribution < -0.4 is 5.73 Å². The summed E-state index contributed by atoms with van der Waals surface area (Å²) >= 11 is 5.76. The first-order valence-electron chi connectivity index (χ1n) is 4.26. The topological polar surface area (TPSA) is 78.1 Å². The van der Waals surface area contributed by atoms with Gasteiger partial charge in [-0.3, -0.25) is 0 Å². The van der Waals surface area contributed by atoms with Crippen molar-refractivity contribution < 1.29 is 9.53 Å². The quantitative estimate of drug-likeness (QED) is 0.478. The highest BCUT2D eigenvalue weighted by Gasteiger charge is 2.04. The lowest BCUT2D eigenvalue weighted by atomic mass is 10.3. The van der Waals surface area contributed by atoms with Crippen molar-refractivity contribution in [1.29, 1.82) is 0 Å². The summed E-state index contributed by atoms with van der Waals surface area (Å²) < 4.78 is 4.69. The number of halogens is 1. The lowest BCUT2D eigenvalue weighted by Gasteiger charge is -2.00. The number of esters is 1. The monoisotopic (exact) mass is 227 g/mol. The molecule has 1 heterocycles. The first-order chi connectivity index (χ1) is 7.15. The Hall–Kier alpha value is -1.62. The third-order valence-corrected chi connectivity index (χ3v) is 1.84. The van der Waals surface area contributed by atoms with Crippen molar-refractivity contribution >= 4 is 29.5 Å². The SMILES string of the molecule is CCOC(=O)/C=C/c1c(N)ncnc1Cl. The first kappa shape index (κ1) is 11.5. The Kier molecular flexibility index (Phi) is 4.05. The Morgan fingerprint density at radius 2 is 2.40 bits per heavy atom. The minimum Gasteiger partial charge on any atom is -0.463 e. The summed E-state index contributed by atoms with van der Waals surface area (Å²) in [4.78, 5) is 18.5. The molecule has 0 bridgehead atoms. The van der Waals surface area contributed by atoms with Crippen LogP contribution in [-0.4, -0.2) is 22.5 Å². The predicted molar refractivity (Wildman–Crippen MR) is 57.1 cm³/mol. The maximum Gasteiger partial charge on any atom is 0.330 e. The van der Waals surface area contributed by atoms with E-state index in [1.807, 2.05) is 0 Å². The summed E-state index contributed by atoms with van der Waals surface area (Å²) in [5.74, 6) is -0.243. The van der Waals surface area contributed by atoms with E-state index in [0.29, 0.717) is 12.2 Å². The highest BCUT2D eigenvalue weighted by molar-refractivity contribution is 6.31. The molecule has 80 valence electrons. The van der Waals surface area contributed by atoms with Crippen LogP contribution in [0.3, 0.4) is 0 Å². The molecule has 0 aliphatic rings. The average Bonchev–Trinajstić information content (AvgIpc) is 2.17. The summed E-state index contributed by atoms with van der Waals surface area (Å²) in [6, 6.07) is 0. The van der Waals surface area contributed by atoms with Crippen LogP contribution in [0, 0.1) is 0 Å². The van der Waals surface area contributed by atoms with E-state index in [-0.39, 0.29) is 11.0 Å². The van der Waals surface area contributed by atoms with Crippen LogP contribution in [0.25, 0.3) is 6.08 Å². The van der Waals surface area contributed by atoms with E-state index in [0.717, 1.165) is 0 Å². The molecule has 0 fully saturated rings. The average molecular weight is 228 g/mol. The molecule has 0 unspecified atom stereocenters. The van der Waals surface area contributed by atoms with Crippen LogP contribution >= 0.6 is 11.6 Å². The number of carbonyl (C=O) groups excluding carboxylic acids is 1. The number of hydrogen-bond acceptors (Lipinski definition) is 5. The zero-order valence-corrected chi connectivity index (χ0v) is 8.86. The number of nitrogens with two attached hydrogens (primary N) is 1. The number of carbonyl (C=O) groups is 1. The first-order valence-corrected chi connectivity index (χ1v) is 4.63. The number of aromatic nitrogens is 2. The fraction of sp³-hybridized carbons (Fsp3) is 0.222. The van der Waals surface area contributed by atoms with Crippen molar-refractivity contribution in [2.24, 2.45) is 0 Å². The number of hydrogen-bond donors (Lipinski definition) is 1. The molecule has 0 atom stereocenters. The van der Waals surface area contributed by atoms with Crippen LogP contribution in [-0.2, 0) is 9.53 Å². The highest BCUT2D eigenvalue weighted by atomic mass is 35.5. The van der Waals surface area contributed by atoms with Gasteiger partial charge >= 0.3 is 5.97 Å². The van der Waals surface area contributed by atoms with Crippen molar-refractivity contribution in [2.45, 2.75) is 6.92 Å². The zero-order chi connectivity index (χ0) is 11.3. The molecular formula is C9H10ClN3O2. The van der Waals surface area contributed by atoms with Crippen LogP contribution in [0.1, 0.15) is 12.5 Å². The van der Waals surface area contributed by atoms with Gasteiger partial charge in [0.15, 0.2) is 0 Å². The molecule has 5 nitrogen and oxygen atoms in total. The molecule has 0 spiro atoms. The van der Waals surface area contributed by atoms with Crippen molar-refractivity contribution in [3.05, 3.63) is 23.1 Å². The lowest BCUT2D eigenvalue weighted by Crippen LogP contribution is -2.00. The van der Waals surface area contributed by atoms with Gasteiger partial charge in [-0.2, -0.15) is 0 Å². The van der Waals surface area contributed by atoms with Gasteiger partial charge in [0, 0.05) is 6.08 Å². The second-order valence-corrected chi connectivity index (χ2v) is 2.91. The van der Waals surface area contributed by atoms with Gasteiger partial charge in [-0.15, -0.1) is 0 Å². The minimum atomic E-state index is -0.461. The normalized spacial score (nSPS) is 10.5. The van der Waals surface area contributed by atoms with E-state index in [1.165, 1.54) is 18.5 Å². The number of ether oxygens (including phenoxy) is 1. The Morgan fingerprint density at radius 3 is 3.00 bits per heavy atom. The summed E-state index contributed by atoms with van der Waals surface area (Å²) in [5, 5.41) is 0.197. The number of nitrogen functional groups attached to an aromatic ring is 1. The number of rotatable bonds is 3. The molecule has 0 radical (unpaired) electrons. The number of anilines is 1. The third kappa shape index (κ3) is 3.21. The van der Waals surface area contributed by atoms with Gasteiger partial charge in [-0.25, -0.2) is 14.8 Å². The van der Waals surface area contributed by atoms with Gasteiger partial charge in [-0.05, 0) is 13.0 Å². The molecule has 0 aliphatic heterocycles. The van der Waals surface area contributed by atoms with E-state index in [2.05, 4.69) is 9.97 Å². The van der Waals surface area contributed by atoms with Gasteiger partial charge in [-0.1, -0.05) is 11.6 Å². The molecule has 1 aromatic heterocycles. The molecule has 0 aliphatic carbocycles. The van der Waals surface area contributed by atoms with Gasteiger partial charge in [0.25, 0.3) is 0 Å². The van der Waals surface area contributed by atoms with Crippen molar-refractivity contribution in [1.82, 2.24) is 9.97 Å². The van der Waals surface area contributed by atoms with Crippen LogP contribution in [0.2, 0.25) is 5.15 Å². The standard InChI is InChI=1S/C9H10ClN3O2/c1-2-15-7(14)4-3-6-8(10)12-5-13-9(6)11/h3-5H,2H2,1H3,(H2,11,12,13)/b4-3+. The van der Waals surface area contributed by atoms with E-state index in [9.17, 15) is 4.79 Å². The fourth-order valence-corrected chi connectivity index (χ4v) is 1.09. The fourth-order valence-electron chi connectivity index (χ4n) is 0.882. The van der Waals surface area contributed by atoms with Gasteiger partial charge in [0.1, 0.15) is 17.3 Å². The largest absolute Gasteiger partial charge is 0.463 e. The Morgan fingerprint density at radius 1 is 1.67 bits per heavy atom. The Labute approximate surface area is 91.9 Å². The van der Waals surface area contributed by atoms with Crippen LogP contribution in [0.15, 0.2) is 12.4 Å². The predicted octanol–water partition coefficient (Wildman–Crippen LogP) is 1.29. The Balaban J connectivity index is 2.84.